The van der Waals surface area contributed by atoms with Gasteiger partial charge in [0.15, 0.2) is 11.5 Å². The number of nitrogens with one attached hydrogen (secondary N) is 1. The lowest BCUT2D eigenvalue weighted by atomic mass is 9.96. The number of aryl methyl sites for hydroxylation is 1. The van der Waals surface area contributed by atoms with E-state index in [1.807, 2.05) is 79.4 Å². The van der Waals surface area contributed by atoms with E-state index in [0.717, 1.165) is 35.2 Å². The summed E-state index contributed by atoms with van der Waals surface area (Å²) in [6.45, 7) is 5.60. The Morgan fingerprint density at radius 1 is 1.06 bits per heavy atom. The van der Waals surface area contributed by atoms with Crippen molar-refractivity contribution in [2.75, 3.05) is 23.3 Å². The van der Waals surface area contributed by atoms with E-state index in [1.165, 1.54) is 0 Å². The van der Waals surface area contributed by atoms with E-state index >= 15 is 0 Å². The zero-order chi connectivity index (χ0) is 24.4. The second-order valence-electron chi connectivity index (χ2n) is 9.18. The van der Waals surface area contributed by atoms with Crippen LogP contribution in [-0.2, 0) is 11.3 Å². The van der Waals surface area contributed by atoms with Crippen molar-refractivity contribution in [2.45, 2.75) is 33.2 Å². The highest BCUT2D eigenvalue weighted by atomic mass is 16.2. The van der Waals surface area contributed by atoms with Crippen molar-refractivity contribution in [1.82, 2.24) is 14.5 Å². The molecule has 0 radical (unpaired) electrons. The lowest BCUT2D eigenvalue weighted by molar-refractivity contribution is -0.120. The van der Waals surface area contributed by atoms with Crippen LogP contribution in [0.5, 0.6) is 0 Å². The molecule has 2 aromatic carbocycles. The summed E-state index contributed by atoms with van der Waals surface area (Å²) < 4.78 is 1.69. The third-order valence-electron chi connectivity index (χ3n) is 6.82. The Balaban J connectivity index is 1.45. The molecule has 7 nitrogen and oxygen atoms in total. The molecule has 0 bridgehead atoms. The molecule has 0 aliphatic carbocycles. The number of pyridine rings is 1. The van der Waals surface area contributed by atoms with Gasteiger partial charge in [0.05, 0.1) is 12.5 Å². The van der Waals surface area contributed by atoms with Crippen LogP contribution in [0, 0.1) is 19.8 Å². The summed E-state index contributed by atoms with van der Waals surface area (Å²) in [4.78, 5) is 37.9. The standard InChI is InChI=1S/C28H29N5O2/c1-19-9-6-13-23(20(19)2)31-27(34)22-12-8-16-32(18-22)26-28(35)33(17-21-10-4-3-5-11-21)25-24(30-26)14-7-15-29-25/h3-7,9-11,13-15,22H,8,12,16-18H2,1-2H3,(H,31,34)/t22-/m1/s1. The van der Waals surface area contributed by atoms with Crippen molar-refractivity contribution in [3.05, 3.63) is 93.9 Å². The number of fused-ring (bicyclic) bond motifs is 1. The van der Waals surface area contributed by atoms with Gasteiger partial charge in [0.2, 0.25) is 5.91 Å². The predicted molar refractivity (Wildman–Crippen MR) is 139 cm³/mol. The molecule has 2 aromatic heterocycles. The van der Waals surface area contributed by atoms with Crippen LogP contribution in [0.2, 0.25) is 0 Å². The topological polar surface area (TPSA) is 80.1 Å². The Morgan fingerprint density at radius 2 is 1.89 bits per heavy atom. The number of carbonyl (C=O) groups is 1. The SMILES string of the molecule is Cc1cccc(NC(=O)[C@@H]2CCCN(c3nc4cccnc4n(Cc4ccccc4)c3=O)C2)c1C. The van der Waals surface area contributed by atoms with Gasteiger partial charge in [-0.3, -0.25) is 14.2 Å². The number of aromatic nitrogens is 3. The van der Waals surface area contributed by atoms with E-state index in [4.69, 9.17) is 4.98 Å². The summed E-state index contributed by atoms with van der Waals surface area (Å²) in [6, 6.07) is 19.5. The number of piperidine rings is 1. The smallest absolute Gasteiger partial charge is 0.295 e. The summed E-state index contributed by atoms with van der Waals surface area (Å²) in [6.07, 6.45) is 3.27. The molecule has 1 amide bonds. The van der Waals surface area contributed by atoms with Crippen LogP contribution in [0.4, 0.5) is 11.5 Å². The van der Waals surface area contributed by atoms with Gasteiger partial charge in [0.1, 0.15) is 5.52 Å². The highest BCUT2D eigenvalue weighted by molar-refractivity contribution is 5.94. The van der Waals surface area contributed by atoms with Gasteiger partial charge in [0.25, 0.3) is 5.56 Å². The van der Waals surface area contributed by atoms with Crippen molar-refractivity contribution >= 4 is 28.6 Å². The molecule has 0 unspecified atom stereocenters. The molecule has 35 heavy (non-hydrogen) atoms. The van der Waals surface area contributed by atoms with Gasteiger partial charge in [0, 0.05) is 25.0 Å². The number of amides is 1. The van der Waals surface area contributed by atoms with Gasteiger partial charge in [-0.1, -0.05) is 42.5 Å². The molecule has 0 saturated carbocycles. The highest BCUT2D eigenvalue weighted by Gasteiger charge is 2.29. The first-order valence-electron chi connectivity index (χ1n) is 12.0. The summed E-state index contributed by atoms with van der Waals surface area (Å²) in [5, 5.41) is 3.10. The van der Waals surface area contributed by atoms with E-state index in [0.29, 0.717) is 36.6 Å². The maximum atomic E-state index is 13.7. The zero-order valence-corrected chi connectivity index (χ0v) is 20.1. The Bertz CT molecular complexity index is 1430. The Hall–Kier alpha value is -4.00. The number of anilines is 2. The van der Waals surface area contributed by atoms with Crippen LogP contribution in [0.15, 0.2) is 71.7 Å². The van der Waals surface area contributed by atoms with Gasteiger partial charge in [-0.2, -0.15) is 0 Å². The molecule has 1 saturated heterocycles. The molecule has 1 N–H and O–H groups in total. The zero-order valence-electron chi connectivity index (χ0n) is 20.1. The predicted octanol–water partition coefficient (Wildman–Crippen LogP) is 4.31. The molecule has 1 aliphatic rings. The molecule has 1 fully saturated rings. The van der Waals surface area contributed by atoms with E-state index in [-0.39, 0.29) is 17.4 Å². The van der Waals surface area contributed by atoms with E-state index in [9.17, 15) is 9.59 Å². The first-order chi connectivity index (χ1) is 17.0. The van der Waals surface area contributed by atoms with Gasteiger partial charge in [-0.05, 0) is 61.6 Å². The number of benzene rings is 2. The molecule has 5 rings (SSSR count). The Kier molecular flexibility index (Phi) is 6.31. The molecule has 7 heteroatoms. The normalized spacial score (nSPS) is 15.8. The van der Waals surface area contributed by atoms with Crippen LogP contribution in [0.3, 0.4) is 0 Å². The van der Waals surface area contributed by atoms with Crippen molar-refractivity contribution in [3.63, 3.8) is 0 Å². The van der Waals surface area contributed by atoms with E-state index in [1.54, 1.807) is 10.8 Å². The highest BCUT2D eigenvalue weighted by Crippen LogP contribution is 2.24. The van der Waals surface area contributed by atoms with Crippen molar-refractivity contribution in [1.29, 1.82) is 0 Å². The number of carbonyl (C=O) groups excluding carboxylic acids is 1. The first kappa shape index (κ1) is 22.8. The second-order valence-corrected chi connectivity index (χ2v) is 9.18. The summed E-state index contributed by atoms with van der Waals surface area (Å²) >= 11 is 0. The van der Waals surface area contributed by atoms with Gasteiger partial charge < -0.3 is 10.2 Å². The minimum atomic E-state index is -0.225. The van der Waals surface area contributed by atoms with Gasteiger partial charge in [-0.25, -0.2) is 9.97 Å². The summed E-state index contributed by atoms with van der Waals surface area (Å²) in [5.41, 5.74) is 5.11. The van der Waals surface area contributed by atoms with Crippen LogP contribution < -0.4 is 15.8 Å². The maximum absolute atomic E-state index is 13.7. The van der Waals surface area contributed by atoms with Crippen molar-refractivity contribution in [3.8, 4) is 0 Å². The summed E-state index contributed by atoms with van der Waals surface area (Å²) in [7, 11) is 0. The van der Waals surface area contributed by atoms with Crippen LogP contribution >= 0.6 is 0 Å². The monoisotopic (exact) mass is 467 g/mol. The number of rotatable bonds is 5. The van der Waals surface area contributed by atoms with Crippen LogP contribution in [0.25, 0.3) is 11.2 Å². The largest absolute Gasteiger partial charge is 0.351 e. The Labute approximate surface area is 204 Å². The van der Waals surface area contributed by atoms with Crippen LogP contribution in [-0.4, -0.2) is 33.5 Å². The minimum Gasteiger partial charge on any atom is -0.351 e. The number of hydrogen-bond donors (Lipinski definition) is 1. The molecule has 1 aliphatic heterocycles. The van der Waals surface area contributed by atoms with Crippen molar-refractivity contribution in [2.24, 2.45) is 5.92 Å². The third-order valence-corrected chi connectivity index (χ3v) is 6.82. The third kappa shape index (κ3) is 4.67. The lowest BCUT2D eigenvalue weighted by Crippen LogP contribution is -2.44. The minimum absolute atomic E-state index is 0.0181. The summed E-state index contributed by atoms with van der Waals surface area (Å²) in [5.74, 6) is 0.137. The number of hydrogen-bond acceptors (Lipinski definition) is 5. The van der Waals surface area contributed by atoms with E-state index in [2.05, 4.69) is 10.3 Å². The maximum Gasteiger partial charge on any atom is 0.295 e. The quantitative estimate of drug-likeness (QED) is 0.473. The van der Waals surface area contributed by atoms with Gasteiger partial charge in [-0.15, -0.1) is 0 Å². The second kappa shape index (κ2) is 9.70. The lowest BCUT2D eigenvalue weighted by Gasteiger charge is -2.33. The fourth-order valence-corrected chi connectivity index (χ4v) is 4.69. The van der Waals surface area contributed by atoms with E-state index < -0.39 is 0 Å². The Morgan fingerprint density at radius 3 is 2.71 bits per heavy atom. The first-order valence-corrected chi connectivity index (χ1v) is 12.0. The average Bonchev–Trinajstić information content (AvgIpc) is 2.89. The number of nitrogens with zero attached hydrogens (tertiary/aromatic N) is 4. The molecule has 1 atom stereocenters. The molecule has 0 spiro atoms. The molecular weight excluding hydrogens is 438 g/mol. The van der Waals surface area contributed by atoms with Crippen LogP contribution in [0.1, 0.15) is 29.5 Å². The molecule has 3 heterocycles. The average molecular weight is 468 g/mol. The molecular formula is C28H29N5O2. The van der Waals surface area contributed by atoms with Gasteiger partial charge >= 0.3 is 0 Å². The van der Waals surface area contributed by atoms with Crippen molar-refractivity contribution < 1.29 is 4.79 Å². The molecule has 178 valence electrons. The fourth-order valence-electron chi connectivity index (χ4n) is 4.69. The fraction of sp³-hybridized carbons (Fsp3) is 0.286. The molecule has 4 aromatic rings.